The monoisotopic (exact) mass is 284 g/mol. The Morgan fingerprint density at radius 2 is 2.00 bits per heavy atom. The van der Waals surface area contributed by atoms with Gasteiger partial charge in [-0.1, -0.05) is 12.8 Å². The van der Waals surface area contributed by atoms with Gasteiger partial charge in [0.15, 0.2) is 11.6 Å². The Balaban J connectivity index is 2.46. The summed E-state index contributed by atoms with van der Waals surface area (Å²) >= 11 is 0. The lowest BCUT2D eigenvalue weighted by molar-refractivity contribution is 0.410. The largest absolute Gasteiger partial charge is 0.495 e. The van der Waals surface area contributed by atoms with E-state index < -0.39 is 0 Å². The highest BCUT2D eigenvalue weighted by molar-refractivity contribution is 5.56. The molecule has 1 aromatic carbocycles. The van der Waals surface area contributed by atoms with Crippen LogP contribution in [0.4, 0.5) is 11.8 Å². The van der Waals surface area contributed by atoms with Crippen LogP contribution in [0.1, 0.15) is 18.1 Å². The molecule has 0 saturated heterocycles. The van der Waals surface area contributed by atoms with Crippen LogP contribution in [-0.4, -0.2) is 17.1 Å². The molecule has 0 unspecified atom stereocenters. The summed E-state index contributed by atoms with van der Waals surface area (Å²) in [4.78, 5) is 7.72. The Bertz CT molecular complexity index is 708. The average Bonchev–Trinajstić information content (AvgIpc) is 2.49. The molecule has 0 amide bonds. The van der Waals surface area contributed by atoms with Gasteiger partial charge in [-0.2, -0.15) is 4.98 Å². The summed E-state index contributed by atoms with van der Waals surface area (Å²) in [5, 5.41) is 0. The van der Waals surface area contributed by atoms with Crippen molar-refractivity contribution in [1.82, 2.24) is 9.97 Å². The van der Waals surface area contributed by atoms with Crippen LogP contribution in [0.2, 0.25) is 0 Å². The van der Waals surface area contributed by atoms with E-state index in [4.69, 9.17) is 27.4 Å². The van der Waals surface area contributed by atoms with Gasteiger partial charge in [0, 0.05) is 6.07 Å². The highest BCUT2D eigenvalue weighted by Crippen LogP contribution is 2.33. The van der Waals surface area contributed by atoms with Gasteiger partial charge in [0.1, 0.15) is 11.5 Å². The average molecular weight is 284 g/mol. The first-order chi connectivity index (χ1) is 10.1. The summed E-state index contributed by atoms with van der Waals surface area (Å²) < 4.78 is 11.0. The number of aryl methyl sites for hydroxylation is 1. The third-order valence-electron chi connectivity index (χ3n) is 2.94. The summed E-state index contributed by atoms with van der Waals surface area (Å²) in [6, 6.07) is 3.58. The number of hydrogen-bond donors (Lipinski definition) is 2. The molecule has 0 aliphatic heterocycles. The maximum absolute atomic E-state index is 5.77. The molecule has 108 valence electrons. The van der Waals surface area contributed by atoms with Gasteiger partial charge in [0.2, 0.25) is 5.95 Å². The van der Waals surface area contributed by atoms with Gasteiger partial charge in [-0.05, 0) is 18.1 Å². The van der Waals surface area contributed by atoms with E-state index in [1.54, 1.807) is 13.2 Å². The molecule has 0 saturated carbocycles. The lowest BCUT2D eigenvalue weighted by Gasteiger charge is -2.14. The highest BCUT2D eigenvalue weighted by Gasteiger charge is 2.12. The van der Waals surface area contributed by atoms with E-state index in [0.29, 0.717) is 22.8 Å². The second kappa shape index (κ2) is 6.01. The predicted molar refractivity (Wildman–Crippen MR) is 81.2 cm³/mol. The molecule has 0 bridgehead atoms. The molecule has 0 aliphatic carbocycles. The number of benzene rings is 1. The summed E-state index contributed by atoms with van der Waals surface area (Å²) in [6.45, 7) is 2.00. The van der Waals surface area contributed by atoms with E-state index in [9.17, 15) is 0 Å². The lowest BCUT2D eigenvalue weighted by atomic mass is 10.1. The van der Waals surface area contributed by atoms with Crippen LogP contribution in [0.5, 0.6) is 17.2 Å². The molecule has 1 aromatic heterocycles. The van der Waals surface area contributed by atoms with Gasteiger partial charge in [0.25, 0.3) is 0 Å². The molecule has 21 heavy (non-hydrogen) atoms. The number of methoxy groups -OCH3 is 1. The highest BCUT2D eigenvalue weighted by atomic mass is 16.5. The number of aromatic nitrogens is 2. The van der Waals surface area contributed by atoms with E-state index in [-0.39, 0.29) is 11.8 Å². The van der Waals surface area contributed by atoms with Gasteiger partial charge >= 0.3 is 0 Å². The SMILES string of the molecule is C#Cc1cc(Oc2cnc(N)nc2N)c(CC)cc1OC. The van der Waals surface area contributed by atoms with Crippen molar-refractivity contribution in [2.75, 3.05) is 18.6 Å². The smallest absolute Gasteiger partial charge is 0.222 e. The van der Waals surface area contributed by atoms with Crippen molar-refractivity contribution in [3.05, 3.63) is 29.5 Å². The Hall–Kier alpha value is -2.94. The third-order valence-corrected chi connectivity index (χ3v) is 2.94. The molecular formula is C15H16N4O2. The Morgan fingerprint density at radius 1 is 1.24 bits per heavy atom. The molecule has 6 nitrogen and oxygen atoms in total. The Kier molecular flexibility index (Phi) is 4.14. The van der Waals surface area contributed by atoms with Crippen LogP contribution in [0.15, 0.2) is 18.3 Å². The zero-order chi connectivity index (χ0) is 15.4. The van der Waals surface area contributed by atoms with Crippen molar-refractivity contribution in [1.29, 1.82) is 0 Å². The molecule has 0 radical (unpaired) electrons. The quantitative estimate of drug-likeness (QED) is 0.833. The number of rotatable bonds is 4. The number of terminal acetylenes is 1. The lowest BCUT2D eigenvalue weighted by Crippen LogP contribution is -2.02. The fourth-order valence-corrected chi connectivity index (χ4v) is 1.85. The molecular weight excluding hydrogens is 268 g/mol. The van der Waals surface area contributed by atoms with Crippen LogP contribution in [0.3, 0.4) is 0 Å². The fourth-order valence-electron chi connectivity index (χ4n) is 1.85. The van der Waals surface area contributed by atoms with Crippen molar-refractivity contribution >= 4 is 11.8 Å². The Labute approximate surface area is 123 Å². The predicted octanol–water partition coefficient (Wildman–Crippen LogP) is 1.99. The van der Waals surface area contributed by atoms with Gasteiger partial charge in [-0.25, -0.2) is 4.98 Å². The molecule has 0 spiro atoms. The number of ether oxygens (including phenoxy) is 2. The van der Waals surface area contributed by atoms with Crippen LogP contribution < -0.4 is 20.9 Å². The van der Waals surface area contributed by atoms with Crippen molar-refractivity contribution in [2.24, 2.45) is 0 Å². The Morgan fingerprint density at radius 3 is 2.57 bits per heavy atom. The minimum Gasteiger partial charge on any atom is -0.495 e. The fraction of sp³-hybridized carbons (Fsp3) is 0.200. The van der Waals surface area contributed by atoms with Gasteiger partial charge < -0.3 is 20.9 Å². The summed E-state index contributed by atoms with van der Waals surface area (Å²) in [7, 11) is 1.57. The first-order valence-corrected chi connectivity index (χ1v) is 6.32. The van der Waals surface area contributed by atoms with Crippen molar-refractivity contribution in [3.63, 3.8) is 0 Å². The standard InChI is InChI=1S/C15H16N4O2/c1-4-9-7-12(10(5-2)6-11(9)20-3)21-13-8-18-15(17)19-14(13)16/h1,6-8H,5H2,2-3H3,(H4,16,17,18,19). The summed E-state index contributed by atoms with van der Waals surface area (Å²) in [6.07, 6.45) is 7.65. The van der Waals surface area contributed by atoms with Crippen LogP contribution >= 0.6 is 0 Å². The summed E-state index contributed by atoms with van der Waals surface area (Å²) in [5.41, 5.74) is 12.8. The molecule has 1 heterocycles. The van der Waals surface area contributed by atoms with Crippen molar-refractivity contribution in [2.45, 2.75) is 13.3 Å². The number of hydrogen-bond acceptors (Lipinski definition) is 6. The number of nitrogen functional groups attached to an aromatic ring is 2. The maximum Gasteiger partial charge on any atom is 0.222 e. The second-order valence-electron chi connectivity index (χ2n) is 4.24. The molecule has 0 fully saturated rings. The topological polar surface area (TPSA) is 96.3 Å². The van der Waals surface area contributed by atoms with E-state index in [0.717, 1.165) is 12.0 Å². The molecule has 2 aromatic rings. The first-order valence-electron chi connectivity index (χ1n) is 6.32. The molecule has 6 heteroatoms. The van der Waals surface area contributed by atoms with Gasteiger partial charge in [-0.3, -0.25) is 0 Å². The number of nitrogens with zero attached hydrogens (tertiary/aromatic N) is 2. The molecule has 2 rings (SSSR count). The van der Waals surface area contributed by atoms with Crippen LogP contribution in [0, 0.1) is 12.3 Å². The van der Waals surface area contributed by atoms with Crippen molar-refractivity contribution in [3.8, 4) is 29.6 Å². The van der Waals surface area contributed by atoms with E-state index in [2.05, 4.69) is 15.9 Å². The minimum atomic E-state index is 0.0922. The van der Waals surface area contributed by atoms with Crippen molar-refractivity contribution < 1.29 is 9.47 Å². The maximum atomic E-state index is 5.77. The second-order valence-corrected chi connectivity index (χ2v) is 4.24. The minimum absolute atomic E-state index is 0.0922. The number of nitrogens with two attached hydrogens (primary N) is 2. The van der Waals surface area contributed by atoms with Crippen LogP contribution in [-0.2, 0) is 6.42 Å². The van der Waals surface area contributed by atoms with Gasteiger partial charge in [0.05, 0.1) is 18.9 Å². The molecule has 0 atom stereocenters. The molecule has 0 aliphatic rings. The van der Waals surface area contributed by atoms with Gasteiger partial charge in [-0.15, -0.1) is 6.42 Å². The van der Waals surface area contributed by atoms with E-state index in [1.165, 1.54) is 6.20 Å². The van der Waals surface area contributed by atoms with E-state index in [1.807, 2.05) is 13.0 Å². The third kappa shape index (κ3) is 2.98. The summed E-state index contributed by atoms with van der Waals surface area (Å²) in [5.74, 6) is 4.36. The normalized spacial score (nSPS) is 9.95. The van der Waals surface area contributed by atoms with Crippen LogP contribution in [0.25, 0.3) is 0 Å². The first kappa shape index (κ1) is 14.5. The number of anilines is 2. The molecule has 4 N–H and O–H groups in total. The zero-order valence-corrected chi connectivity index (χ0v) is 11.9. The zero-order valence-electron chi connectivity index (χ0n) is 11.9. The van der Waals surface area contributed by atoms with E-state index >= 15 is 0 Å².